The summed E-state index contributed by atoms with van der Waals surface area (Å²) in [6.07, 6.45) is 1.05. The fraction of sp³-hybridized carbons (Fsp3) is 0.208. The van der Waals surface area contributed by atoms with E-state index in [1.54, 1.807) is 11.8 Å². The first-order chi connectivity index (χ1) is 14.6. The fourth-order valence-corrected chi connectivity index (χ4v) is 4.37. The molecular weight excluding hydrogens is 376 g/mol. The van der Waals surface area contributed by atoms with Gasteiger partial charge < -0.3 is 10.5 Å². The van der Waals surface area contributed by atoms with Crippen molar-refractivity contribution in [2.24, 2.45) is 0 Å². The summed E-state index contributed by atoms with van der Waals surface area (Å²) in [6.45, 7) is 1.90. The Morgan fingerprint density at radius 2 is 1.90 bits per heavy atom. The standard InChI is InChI=1S/C24H22N4O2/c1-14-21-23(25)22-19(26-24(21)28(27-14)17-8-4-3-5-9-17)12-16(13-20(22)29)15-7-6-10-18(11-15)30-2/h3-11,16H,12-13H2,1-2H3,(H2,25,26). The number of para-hydroxylation sites is 1. The molecule has 30 heavy (non-hydrogen) atoms. The second-order valence-corrected chi connectivity index (χ2v) is 7.68. The van der Waals surface area contributed by atoms with Crippen LogP contribution < -0.4 is 10.5 Å². The smallest absolute Gasteiger partial charge is 0.167 e. The third kappa shape index (κ3) is 2.84. The second-order valence-electron chi connectivity index (χ2n) is 7.68. The predicted molar refractivity (Wildman–Crippen MR) is 116 cm³/mol. The van der Waals surface area contributed by atoms with Gasteiger partial charge in [-0.2, -0.15) is 5.10 Å². The highest BCUT2D eigenvalue weighted by Crippen LogP contribution is 2.39. The van der Waals surface area contributed by atoms with Crippen molar-refractivity contribution in [3.63, 3.8) is 0 Å². The molecule has 1 aliphatic carbocycles. The van der Waals surface area contributed by atoms with Crippen LogP contribution in [0.2, 0.25) is 0 Å². The number of nitrogens with two attached hydrogens (primary N) is 1. The number of ketones is 1. The van der Waals surface area contributed by atoms with E-state index in [-0.39, 0.29) is 11.7 Å². The average Bonchev–Trinajstić information content (AvgIpc) is 3.10. The van der Waals surface area contributed by atoms with Gasteiger partial charge in [-0.3, -0.25) is 4.79 Å². The molecule has 0 radical (unpaired) electrons. The summed E-state index contributed by atoms with van der Waals surface area (Å²) in [4.78, 5) is 18.0. The first-order valence-electron chi connectivity index (χ1n) is 9.97. The molecule has 0 amide bonds. The predicted octanol–water partition coefficient (Wildman–Crippen LogP) is 4.23. The van der Waals surface area contributed by atoms with Crippen molar-refractivity contribution in [3.8, 4) is 11.4 Å². The highest BCUT2D eigenvalue weighted by Gasteiger charge is 2.32. The molecule has 0 aliphatic heterocycles. The average molecular weight is 398 g/mol. The number of hydrogen-bond donors (Lipinski definition) is 1. The number of nitrogen functional groups attached to an aromatic ring is 1. The van der Waals surface area contributed by atoms with Crippen molar-refractivity contribution in [1.29, 1.82) is 0 Å². The Hall–Kier alpha value is -3.67. The normalized spacial score (nSPS) is 15.9. The quantitative estimate of drug-likeness (QED) is 0.558. The number of Topliss-reactive ketones (excluding diaryl/α,β-unsaturated/α-hetero) is 1. The number of methoxy groups -OCH3 is 1. The van der Waals surface area contributed by atoms with Crippen molar-refractivity contribution >= 4 is 22.5 Å². The SMILES string of the molecule is COc1cccc(C2CC(=O)c3c(nc4c(c(C)nn4-c4ccccc4)c3N)C2)c1. The molecule has 0 spiro atoms. The molecule has 2 heterocycles. The van der Waals surface area contributed by atoms with Gasteiger partial charge >= 0.3 is 0 Å². The topological polar surface area (TPSA) is 83.0 Å². The van der Waals surface area contributed by atoms with Crippen molar-refractivity contribution < 1.29 is 9.53 Å². The van der Waals surface area contributed by atoms with Crippen LogP contribution in [0.1, 0.15) is 39.6 Å². The summed E-state index contributed by atoms with van der Waals surface area (Å²) in [5.41, 5.74) is 11.7. The summed E-state index contributed by atoms with van der Waals surface area (Å²) >= 11 is 0. The zero-order valence-electron chi connectivity index (χ0n) is 16.9. The molecule has 0 saturated carbocycles. The Balaban J connectivity index is 1.66. The van der Waals surface area contributed by atoms with E-state index in [0.717, 1.165) is 33.8 Å². The Morgan fingerprint density at radius 3 is 2.67 bits per heavy atom. The number of carbonyl (C=O) groups excluding carboxylic acids is 1. The van der Waals surface area contributed by atoms with Gasteiger partial charge in [0, 0.05) is 6.42 Å². The van der Waals surface area contributed by atoms with Crippen molar-refractivity contribution in [2.75, 3.05) is 12.8 Å². The number of ether oxygens (including phenoxy) is 1. The van der Waals surface area contributed by atoms with Gasteiger partial charge in [-0.15, -0.1) is 0 Å². The van der Waals surface area contributed by atoms with E-state index in [4.69, 9.17) is 15.5 Å². The second kappa shape index (κ2) is 6.99. The van der Waals surface area contributed by atoms with E-state index in [9.17, 15) is 4.79 Å². The Kier molecular flexibility index (Phi) is 4.28. The van der Waals surface area contributed by atoms with Crippen LogP contribution in [-0.4, -0.2) is 27.7 Å². The number of aromatic nitrogens is 3. The number of fused-ring (bicyclic) bond motifs is 2. The maximum atomic E-state index is 13.1. The molecule has 1 unspecified atom stereocenters. The van der Waals surface area contributed by atoms with Gasteiger partial charge in [0.25, 0.3) is 0 Å². The molecule has 5 rings (SSSR count). The Bertz CT molecular complexity index is 1280. The van der Waals surface area contributed by atoms with Crippen molar-refractivity contribution in [1.82, 2.24) is 14.8 Å². The van der Waals surface area contributed by atoms with Crippen molar-refractivity contribution in [2.45, 2.75) is 25.7 Å². The lowest BCUT2D eigenvalue weighted by Gasteiger charge is -2.25. The number of anilines is 1. The molecule has 0 saturated heterocycles. The lowest BCUT2D eigenvalue weighted by molar-refractivity contribution is 0.0964. The minimum absolute atomic E-state index is 0.0304. The molecule has 2 aromatic carbocycles. The number of hydrogen-bond acceptors (Lipinski definition) is 5. The van der Waals surface area contributed by atoms with E-state index in [1.807, 2.05) is 61.5 Å². The number of aryl methyl sites for hydroxylation is 1. The van der Waals surface area contributed by atoms with Gasteiger partial charge in [0.1, 0.15) is 5.75 Å². The molecule has 0 bridgehead atoms. The zero-order valence-corrected chi connectivity index (χ0v) is 16.9. The first kappa shape index (κ1) is 18.4. The molecule has 4 aromatic rings. The molecule has 150 valence electrons. The molecule has 1 atom stereocenters. The van der Waals surface area contributed by atoms with E-state index < -0.39 is 0 Å². The van der Waals surface area contributed by atoms with Crippen LogP contribution in [0.15, 0.2) is 54.6 Å². The molecule has 1 aliphatic rings. The minimum atomic E-state index is 0.0304. The molecule has 2 aromatic heterocycles. The largest absolute Gasteiger partial charge is 0.497 e. The molecule has 6 nitrogen and oxygen atoms in total. The summed E-state index contributed by atoms with van der Waals surface area (Å²) in [5.74, 6) is 0.855. The highest BCUT2D eigenvalue weighted by molar-refractivity contribution is 6.09. The number of carbonyl (C=O) groups is 1. The van der Waals surface area contributed by atoms with Gasteiger partial charge in [-0.25, -0.2) is 9.67 Å². The van der Waals surface area contributed by atoms with Gasteiger partial charge in [0.15, 0.2) is 11.4 Å². The van der Waals surface area contributed by atoms with Crippen LogP contribution in [0.5, 0.6) is 5.75 Å². The Labute approximate surface area is 174 Å². The number of nitrogens with zero attached hydrogens (tertiary/aromatic N) is 3. The fourth-order valence-electron chi connectivity index (χ4n) is 4.37. The maximum absolute atomic E-state index is 13.1. The van der Waals surface area contributed by atoms with E-state index >= 15 is 0 Å². The molecule has 2 N–H and O–H groups in total. The summed E-state index contributed by atoms with van der Waals surface area (Å²) < 4.78 is 7.16. The van der Waals surface area contributed by atoms with Crippen molar-refractivity contribution in [3.05, 3.63) is 77.1 Å². The molecule has 6 heteroatoms. The van der Waals surface area contributed by atoms with Crippen LogP contribution >= 0.6 is 0 Å². The van der Waals surface area contributed by atoms with Crippen LogP contribution in [0.25, 0.3) is 16.7 Å². The lowest BCUT2D eigenvalue weighted by Crippen LogP contribution is -2.22. The summed E-state index contributed by atoms with van der Waals surface area (Å²) in [7, 11) is 1.65. The van der Waals surface area contributed by atoms with Crippen LogP contribution in [-0.2, 0) is 6.42 Å². The maximum Gasteiger partial charge on any atom is 0.167 e. The van der Waals surface area contributed by atoms with E-state index in [0.29, 0.717) is 29.7 Å². The first-order valence-corrected chi connectivity index (χ1v) is 9.97. The summed E-state index contributed by atoms with van der Waals surface area (Å²) in [6, 6.07) is 17.7. The molecular formula is C24H22N4O2. The van der Waals surface area contributed by atoms with E-state index in [1.165, 1.54) is 0 Å². The van der Waals surface area contributed by atoms with Gasteiger partial charge in [0.2, 0.25) is 0 Å². The number of benzene rings is 2. The third-order valence-corrected chi connectivity index (χ3v) is 5.82. The lowest BCUT2D eigenvalue weighted by atomic mass is 9.80. The van der Waals surface area contributed by atoms with Crippen LogP contribution in [0.4, 0.5) is 5.69 Å². The highest BCUT2D eigenvalue weighted by atomic mass is 16.5. The Morgan fingerprint density at radius 1 is 1.10 bits per heavy atom. The van der Waals surface area contributed by atoms with Crippen LogP contribution in [0.3, 0.4) is 0 Å². The summed E-state index contributed by atoms with van der Waals surface area (Å²) in [5, 5.41) is 5.42. The molecule has 0 fully saturated rings. The zero-order chi connectivity index (χ0) is 20.8. The van der Waals surface area contributed by atoms with Gasteiger partial charge in [0.05, 0.1) is 40.8 Å². The monoisotopic (exact) mass is 398 g/mol. The van der Waals surface area contributed by atoms with Crippen LogP contribution in [0, 0.1) is 6.92 Å². The van der Waals surface area contributed by atoms with Gasteiger partial charge in [-0.1, -0.05) is 30.3 Å². The van der Waals surface area contributed by atoms with E-state index in [2.05, 4.69) is 5.10 Å². The minimum Gasteiger partial charge on any atom is -0.497 e. The third-order valence-electron chi connectivity index (χ3n) is 5.82. The van der Waals surface area contributed by atoms with Gasteiger partial charge in [-0.05, 0) is 49.1 Å². The number of pyridine rings is 1. The number of rotatable bonds is 3.